The van der Waals surface area contributed by atoms with Gasteiger partial charge in [-0.3, -0.25) is 0 Å². The Kier molecular flexibility index (Phi) is 16.8. The van der Waals surface area contributed by atoms with Crippen molar-refractivity contribution in [2.75, 3.05) is 20.0 Å². The molecule has 0 N–H and O–H groups in total. The molecule has 0 aliphatic rings. The van der Waals surface area contributed by atoms with Crippen LogP contribution in [0.2, 0.25) is 4.55 Å². The molecule has 0 saturated carbocycles. The molecule has 0 aliphatic heterocycles. The maximum Gasteiger partial charge on any atom is 0.468 e. The second-order valence-corrected chi connectivity index (χ2v) is 7.20. The van der Waals surface area contributed by atoms with Crippen LogP contribution in [0.1, 0.15) is 39.0 Å². The van der Waals surface area contributed by atoms with E-state index in [4.69, 9.17) is 9.47 Å². The zero-order valence-corrected chi connectivity index (χ0v) is 13.4. The molecular weight excluding hydrogens is 280 g/mol. The predicted molar refractivity (Wildman–Crippen MR) is 74.2 cm³/mol. The molecule has 92 valence electrons. The monoisotopic (exact) mass is 302 g/mol. The molecule has 0 heterocycles. The first kappa shape index (κ1) is 16.9. The highest BCUT2D eigenvalue weighted by Crippen LogP contribution is 1.96. The lowest BCUT2D eigenvalue weighted by molar-refractivity contribution is -0.0531. The number of hydrogen-bond acceptors (Lipinski definition) is 2. The normalized spacial score (nSPS) is 10.9. The van der Waals surface area contributed by atoms with Crippen LogP contribution in [-0.4, -0.2) is 38.2 Å². The summed E-state index contributed by atoms with van der Waals surface area (Å²) in [7, 11) is 0. The molecule has 0 aliphatic carbocycles. The van der Waals surface area contributed by atoms with E-state index in [-0.39, 0.29) is 18.2 Å². The van der Waals surface area contributed by atoms with E-state index < -0.39 is 0 Å². The average molecular weight is 304 g/mol. The Labute approximate surface area is 116 Å². The molecule has 0 atom stereocenters. The molecule has 4 heteroatoms. The summed E-state index contributed by atoms with van der Waals surface area (Å²) in [5.41, 5.74) is 0. The van der Waals surface area contributed by atoms with Crippen LogP contribution in [0.3, 0.4) is 0 Å². The van der Waals surface area contributed by atoms with Crippen molar-refractivity contribution in [3.8, 4) is 0 Å². The van der Waals surface area contributed by atoms with E-state index in [2.05, 4.69) is 32.0 Å². The lowest BCUT2D eigenvalue weighted by Crippen LogP contribution is -2.02. The fourth-order valence-corrected chi connectivity index (χ4v) is 2.57. The van der Waals surface area contributed by atoms with Crippen molar-refractivity contribution < 1.29 is 9.47 Å². The van der Waals surface area contributed by atoms with E-state index >= 15 is 0 Å². The molecule has 0 saturated heterocycles. The number of ether oxygens (including phenoxy) is 2. The first-order chi connectivity index (χ1) is 7.91. The molecule has 0 bridgehead atoms. The van der Waals surface area contributed by atoms with Gasteiger partial charge in [0.2, 0.25) is 0 Å². The third-order valence-electron chi connectivity index (χ3n) is 2.16. The fourth-order valence-electron chi connectivity index (χ4n) is 1.21. The number of halogens is 1. The van der Waals surface area contributed by atoms with Gasteiger partial charge in [-0.05, 0) is 12.8 Å². The average Bonchev–Trinajstić information content (AvgIpc) is 2.31. The van der Waals surface area contributed by atoms with Gasteiger partial charge in [-0.1, -0.05) is 38.3 Å². The molecular formula is C12H23BrMgO2. The van der Waals surface area contributed by atoms with Gasteiger partial charge in [-0.15, -0.1) is 4.55 Å². The van der Waals surface area contributed by atoms with Gasteiger partial charge in [0, 0.05) is 6.61 Å². The summed E-state index contributed by atoms with van der Waals surface area (Å²) in [6.07, 6.45) is 10.3. The summed E-state index contributed by atoms with van der Waals surface area (Å²) in [5.74, 6) is 0. The quantitative estimate of drug-likeness (QED) is 0.235. The highest BCUT2D eigenvalue weighted by atomic mass is 79.9. The number of allylic oxidation sites excluding steroid dienone is 1. The minimum absolute atomic E-state index is 0.0659. The minimum Gasteiger partial charge on any atom is -0.355 e. The van der Waals surface area contributed by atoms with Gasteiger partial charge in [0.05, 0.1) is 6.61 Å². The maximum atomic E-state index is 5.35. The van der Waals surface area contributed by atoms with Crippen molar-refractivity contribution in [3.63, 3.8) is 0 Å². The number of hydrogen-bond donors (Lipinski definition) is 0. The lowest BCUT2D eigenvalue weighted by atomic mass is 10.3. The van der Waals surface area contributed by atoms with Crippen molar-refractivity contribution in [1.82, 2.24) is 0 Å². The Morgan fingerprint density at radius 1 is 1.06 bits per heavy atom. The molecule has 0 aromatic heterocycles. The van der Waals surface area contributed by atoms with Crippen LogP contribution in [0.15, 0.2) is 12.2 Å². The van der Waals surface area contributed by atoms with Gasteiger partial charge >= 0.3 is 18.2 Å². The lowest BCUT2D eigenvalue weighted by Gasteiger charge is -2.03. The standard InChI is InChI=1S/C12H23O2.BrH.Mg/c1-3-5-7-9-11-14-12-13-10-8-6-4-2;;/h5,7H,1,3-4,6,8-12H2,2H3;1H;/q;;+1/p-1/b7-5-;;. The van der Waals surface area contributed by atoms with Crippen LogP contribution < -0.4 is 0 Å². The summed E-state index contributed by atoms with van der Waals surface area (Å²) in [6, 6.07) is 0. The van der Waals surface area contributed by atoms with E-state index in [1.165, 1.54) is 23.8 Å². The van der Waals surface area contributed by atoms with Gasteiger partial charge in [-0.2, -0.15) is 0 Å². The van der Waals surface area contributed by atoms with Crippen molar-refractivity contribution in [1.29, 1.82) is 0 Å². The van der Waals surface area contributed by atoms with Crippen LogP contribution in [0.5, 0.6) is 0 Å². The summed E-state index contributed by atoms with van der Waals surface area (Å²) in [6.45, 7) is 4.25. The number of rotatable bonds is 12. The van der Waals surface area contributed by atoms with Crippen molar-refractivity contribution in [3.05, 3.63) is 12.2 Å². The van der Waals surface area contributed by atoms with Crippen LogP contribution >= 0.6 is 12.9 Å². The van der Waals surface area contributed by atoms with Crippen LogP contribution in [-0.2, 0) is 9.47 Å². The smallest absolute Gasteiger partial charge is 0.355 e. The second-order valence-electron chi connectivity index (χ2n) is 3.73. The van der Waals surface area contributed by atoms with Crippen LogP contribution in [0, 0.1) is 0 Å². The first-order valence-corrected chi connectivity index (χ1v) is 11.2. The summed E-state index contributed by atoms with van der Waals surface area (Å²) >= 11 is 3.61. The van der Waals surface area contributed by atoms with Crippen molar-refractivity contribution in [2.45, 2.75) is 43.6 Å². The minimum atomic E-state index is 0.0659. The zero-order valence-electron chi connectivity index (χ0n) is 10.4. The van der Waals surface area contributed by atoms with Gasteiger partial charge in [0.1, 0.15) is 6.79 Å². The van der Waals surface area contributed by atoms with Gasteiger partial charge in [0.25, 0.3) is 0 Å². The Morgan fingerprint density at radius 2 is 1.81 bits per heavy atom. The molecule has 0 fully saturated rings. The molecule has 0 unspecified atom stereocenters. The Balaban J connectivity index is 2.95. The van der Waals surface area contributed by atoms with E-state index in [1.807, 2.05) is 0 Å². The molecule has 0 radical (unpaired) electrons. The molecule has 16 heavy (non-hydrogen) atoms. The summed E-state index contributed by atoms with van der Waals surface area (Å²) < 4.78 is 12.0. The third-order valence-corrected chi connectivity index (χ3v) is 4.52. The van der Waals surface area contributed by atoms with Crippen LogP contribution in [0.25, 0.3) is 0 Å². The Bertz CT molecular complexity index is 154. The highest BCUT2D eigenvalue weighted by molar-refractivity contribution is 9.23. The van der Waals surface area contributed by atoms with Crippen molar-refractivity contribution in [2.24, 2.45) is 0 Å². The van der Waals surface area contributed by atoms with Crippen molar-refractivity contribution >= 4 is 31.1 Å². The van der Waals surface area contributed by atoms with E-state index in [0.29, 0.717) is 6.79 Å². The largest absolute Gasteiger partial charge is 0.468 e. The molecule has 0 aromatic rings. The van der Waals surface area contributed by atoms with Gasteiger partial charge in [0.15, 0.2) is 0 Å². The molecule has 0 spiro atoms. The second kappa shape index (κ2) is 15.9. The van der Waals surface area contributed by atoms with Gasteiger partial charge in [-0.25, -0.2) is 0 Å². The molecule has 0 amide bonds. The number of unbranched alkanes of at least 4 members (excludes halogenated alkanes) is 2. The molecule has 0 rings (SSSR count). The third kappa shape index (κ3) is 14.9. The topological polar surface area (TPSA) is 18.5 Å². The Morgan fingerprint density at radius 3 is 2.56 bits per heavy atom. The van der Waals surface area contributed by atoms with Gasteiger partial charge < -0.3 is 22.4 Å². The fraction of sp³-hybridized carbons (Fsp3) is 0.833. The SMILES string of the molecule is CCCCCOCOCC/C=C\C[CH2][Mg][Br]. The van der Waals surface area contributed by atoms with Crippen LogP contribution in [0.4, 0.5) is 0 Å². The summed E-state index contributed by atoms with van der Waals surface area (Å²) in [4.78, 5) is 0. The molecule has 0 aromatic carbocycles. The van der Waals surface area contributed by atoms with E-state index in [9.17, 15) is 0 Å². The first-order valence-electron chi connectivity index (χ1n) is 6.28. The van der Waals surface area contributed by atoms with E-state index in [0.717, 1.165) is 26.1 Å². The predicted octanol–water partition coefficient (Wildman–Crippen LogP) is 3.94. The Hall–Kier alpha value is 0.906. The zero-order chi connectivity index (χ0) is 11.9. The highest BCUT2D eigenvalue weighted by Gasteiger charge is 1.89. The molecule has 2 nitrogen and oxygen atoms in total. The maximum absolute atomic E-state index is 5.35. The van der Waals surface area contributed by atoms with E-state index in [1.54, 1.807) is 0 Å². The summed E-state index contributed by atoms with van der Waals surface area (Å²) in [5, 5.41) is 0.